The molecule has 4 heteroatoms. The van der Waals surface area contributed by atoms with Crippen molar-refractivity contribution in [1.82, 2.24) is 0 Å². The monoisotopic (exact) mass is 158 g/mol. The first-order chi connectivity index (χ1) is 5.24. The predicted molar refractivity (Wildman–Crippen MR) is 44.9 cm³/mol. The minimum atomic E-state index is 0.521. The maximum Gasteiger partial charge on any atom is 0.208 e. The van der Waals surface area contributed by atoms with Crippen molar-refractivity contribution in [2.75, 3.05) is 14.2 Å². The van der Waals surface area contributed by atoms with Gasteiger partial charge in [0, 0.05) is 13.3 Å². The van der Waals surface area contributed by atoms with Gasteiger partial charge in [-0.05, 0) is 0 Å². The molecule has 0 radical (unpaired) electrons. The number of nitrogens with zero attached hydrogens (tertiary/aromatic N) is 2. The van der Waals surface area contributed by atoms with E-state index < -0.39 is 0 Å². The van der Waals surface area contributed by atoms with Crippen LogP contribution in [-0.4, -0.2) is 26.0 Å². The molecule has 0 spiro atoms. The molecule has 0 aromatic rings. The molecule has 0 heterocycles. The van der Waals surface area contributed by atoms with Crippen LogP contribution in [0.2, 0.25) is 0 Å². The fourth-order valence-corrected chi connectivity index (χ4v) is 0.423. The molecule has 0 saturated heterocycles. The minimum absolute atomic E-state index is 0.521. The number of rotatable bonds is 2. The van der Waals surface area contributed by atoms with E-state index in [1.165, 1.54) is 0 Å². The second kappa shape index (κ2) is 5.70. The molecule has 64 valence electrons. The van der Waals surface area contributed by atoms with Gasteiger partial charge in [-0.15, -0.1) is 10.2 Å². The molecule has 0 rings (SSSR count). The van der Waals surface area contributed by atoms with Gasteiger partial charge in [-0.1, -0.05) is 6.92 Å². The normalized spacial score (nSPS) is 13.1. The standard InChI is InChI=1S/C7H14N2O2/c1-5-7(11-4)9-8-6(2)10-3/h5H2,1-4H3/b8-6+,9-7-. The first-order valence-corrected chi connectivity index (χ1v) is 3.43. The molecule has 0 saturated carbocycles. The van der Waals surface area contributed by atoms with Crippen molar-refractivity contribution in [3.8, 4) is 0 Å². The van der Waals surface area contributed by atoms with Crippen LogP contribution in [0.25, 0.3) is 0 Å². The highest BCUT2D eigenvalue weighted by Crippen LogP contribution is 1.89. The molecule has 0 unspecified atom stereocenters. The van der Waals surface area contributed by atoms with Crippen LogP contribution in [0, 0.1) is 0 Å². The van der Waals surface area contributed by atoms with Crippen molar-refractivity contribution >= 4 is 11.8 Å². The average Bonchev–Trinajstić information content (AvgIpc) is 2.06. The third-order valence-corrected chi connectivity index (χ3v) is 1.14. The third kappa shape index (κ3) is 4.36. The zero-order chi connectivity index (χ0) is 8.69. The molecule has 0 aliphatic carbocycles. The van der Waals surface area contributed by atoms with Crippen molar-refractivity contribution in [3.05, 3.63) is 0 Å². The lowest BCUT2D eigenvalue weighted by molar-refractivity contribution is 0.385. The highest BCUT2D eigenvalue weighted by molar-refractivity contribution is 5.78. The molecule has 0 amide bonds. The Balaban J connectivity index is 4.06. The number of hydrogen-bond donors (Lipinski definition) is 0. The van der Waals surface area contributed by atoms with E-state index in [2.05, 4.69) is 10.2 Å². The Morgan fingerprint density at radius 3 is 2.18 bits per heavy atom. The second-order valence-corrected chi connectivity index (χ2v) is 1.87. The predicted octanol–water partition coefficient (Wildman–Crippen LogP) is 1.42. The smallest absolute Gasteiger partial charge is 0.208 e. The Hall–Kier alpha value is -1.06. The van der Waals surface area contributed by atoms with E-state index in [1.54, 1.807) is 21.1 Å². The first-order valence-electron chi connectivity index (χ1n) is 3.43. The van der Waals surface area contributed by atoms with Crippen LogP contribution in [0.5, 0.6) is 0 Å². The molecule has 0 fully saturated rings. The number of ether oxygens (including phenoxy) is 2. The van der Waals surface area contributed by atoms with Gasteiger partial charge < -0.3 is 9.47 Å². The summed E-state index contributed by atoms with van der Waals surface area (Å²) in [6, 6.07) is 0. The highest BCUT2D eigenvalue weighted by atomic mass is 16.5. The van der Waals surface area contributed by atoms with Gasteiger partial charge in [0.2, 0.25) is 11.8 Å². The van der Waals surface area contributed by atoms with Crippen molar-refractivity contribution in [3.63, 3.8) is 0 Å². The van der Waals surface area contributed by atoms with Gasteiger partial charge in [0.15, 0.2) is 0 Å². The van der Waals surface area contributed by atoms with E-state index >= 15 is 0 Å². The van der Waals surface area contributed by atoms with Crippen molar-refractivity contribution < 1.29 is 9.47 Å². The lowest BCUT2D eigenvalue weighted by Gasteiger charge is -1.97. The Bertz CT molecular complexity index is 158. The summed E-state index contributed by atoms with van der Waals surface area (Å²) in [4.78, 5) is 0. The van der Waals surface area contributed by atoms with Crippen LogP contribution >= 0.6 is 0 Å². The van der Waals surface area contributed by atoms with Crippen LogP contribution in [0.15, 0.2) is 10.2 Å². The molecule has 4 nitrogen and oxygen atoms in total. The van der Waals surface area contributed by atoms with Crippen LogP contribution < -0.4 is 0 Å². The molecule has 0 bridgehead atoms. The SMILES string of the molecule is CC/C(=N/N=C(\C)OC)OC. The summed E-state index contributed by atoms with van der Waals surface area (Å²) >= 11 is 0. The zero-order valence-corrected chi connectivity index (χ0v) is 7.42. The molecule has 0 aliphatic rings. The van der Waals surface area contributed by atoms with Gasteiger partial charge in [-0.2, -0.15) is 0 Å². The summed E-state index contributed by atoms with van der Waals surface area (Å²) in [6.45, 7) is 3.67. The number of methoxy groups -OCH3 is 2. The fraction of sp³-hybridized carbons (Fsp3) is 0.714. The van der Waals surface area contributed by atoms with Gasteiger partial charge in [0.1, 0.15) is 0 Å². The summed E-state index contributed by atoms with van der Waals surface area (Å²) in [5, 5.41) is 7.53. The molecule has 0 aromatic carbocycles. The molecular formula is C7H14N2O2. The summed E-state index contributed by atoms with van der Waals surface area (Å²) in [5.41, 5.74) is 0. The van der Waals surface area contributed by atoms with Gasteiger partial charge in [0.05, 0.1) is 14.2 Å². The van der Waals surface area contributed by atoms with Crippen molar-refractivity contribution in [2.45, 2.75) is 20.3 Å². The molecule has 11 heavy (non-hydrogen) atoms. The van der Waals surface area contributed by atoms with Gasteiger partial charge in [-0.25, -0.2) is 0 Å². The maximum absolute atomic E-state index is 4.88. The van der Waals surface area contributed by atoms with Gasteiger partial charge >= 0.3 is 0 Å². The van der Waals surface area contributed by atoms with E-state index in [4.69, 9.17) is 9.47 Å². The summed E-state index contributed by atoms with van der Waals surface area (Å²) < 4.78 is 9.66. The topological polar surface area (TPSA) is 43.2 Å². The first kappa shape index (κ1) is 9.94. The van der Waals surface area contributed by atoms with Crippen LogP contribution in [0.4, 0.5) is 0 Å². The van der Waals surface area contributed by atoms with E-state index in [1.807, 2.05) is 6.92 Å². The van der Waals surface area contributed by atoms with Gasteiger partial charge in [-0.3, -0.25) is 0 Å². The summed E-state index contributed by atoms with van der Waals surface area (Å²) in [6.07, 6.45) is 0.733. The molecule has 0 aromatic heterocycles. The average molecular weight is 158 g/mol. The van der Waals surface area contributed by atoms with Crippen molar-refractivity contribution in [2.24, 2.45) is 10.2 Å². The van der Waals surface area contributed by atoms with Gasteiger partial charge in [0.25, 0.3) is 0 Å². The zero-order valence-electron chi connectivity index (χ0n) is 7.42. The molecular weight excluding hydrogens is 144 g/mol. The number of hydrogen-bond acceptors (Lipinski definition) is 4. The fourth-order valence-electron chi connectivity index (χ4n) is 0.423. The second-order valence-electron chi connectivity index (χ2n) is 1.87. The largest absolute Gasteiger partial charge is 0.483 e. The Labute approximate surface area is 66.9 Å². The lowest BCUT2D eigenvalue weighted by atomic mass is 10.5. The van der Waals surface area contributed by atoms with E-state index in [9.17, 15) is 0 Å². The quantitative estimate of drug-likeness (QED) is 0.346. The molecule has 0 aliphatic heterocycles. The summed E-state index contributed by atoms with van der Waals surface area (Å²) in [7, 11) is 3.12. The van der Waals surface area contributed by atoms with Crippen molar-refractivity contribution in [1.29, 1.82) is 0 Å². The Morgan fingerprint density at radius 1 is 1.18 bits per heavy atom. The third-order valence-electron chi connectivity index (χ3n) is 1.14. The summed E-state index contributed by atoms with van der Waals surface area (Å²) in [5.74, 6) is 1.12. The minimum Gasteiger partial charge on any atom is -0.483 e. The Kier molecular flexibility index (Phi) is 5.15. The van der Waals surface area contributed by atoms with Crippen LogP contribution in [0.1, 0.15) is 20.3 Å². The highest BCUT2D eigenvalue weighted by Gasteiger charge is 1.91. The van der Waals surface area contributed by atoms with E-state index in [0.717, 1.165) is 6.42 Å². The van der Waals surface area contributed by atoms with Crippen LogP contribution in [0.3, 0.4) is 0 Å². The maximum atomic E-state index is 4.88. The molecule has 0 atom stereocenters. The lowest BCUT2D eigenvalue weighted by Crippen LogP contribution is -1.99. The van der Waals surface area contributed by atoms with Crippen LogP contribution in [-0.2, 0) is 9.47 Å². The van der Waals surface area contributed by atoms with E-state index in [0.29, 0.717) is 11.8 Å². The Morgan fingerprint density at radius 2 is 1.82 bits per heavy atom. The van der Waals surface area contributed by atoms with E-state index in [-0.39, 0.29) is 0 Å². The molecule has 0 N–H and O–H groups in total.